The summed E-state index contributed by atoms with van der Waals surface area (Å²) in [6.07, 6.45) is 1.33. The fourth-order valence-corrected chi connectivity index (χ4v) is 0.772. The van der Waals surface area contributed by atoms with E-state index in [0.29, 0.717) is 4.60 Å². The Kier molecular flexibility index (Phi) is 0.931. The second kappa shape index (κ2) is 2.35. The third-order valence-electron chi connectivity index (χ3n) is 0.901. The zero-order chi connectivity index (χ0) is 9.35. The zero-order valence-electron chi connectivity index (χ0n) is 7.56. The van der Waals surface area contributed by atoms with E-state index >= 15 is 0 Å². The van der Waals surface area contributed by atoms with Gasteiger partial charge in [0.05, 0.1) is 11.9 Å². The van der Waals surface area contributed by atoms with Crippen molar-refractivity contribution in [2.45, 2.75) is 6.85 Å². The molecule has 1 aromatic rings. The predicted molar refractivity (Wildman–Crippen MR) is 41.1 cm³/mol. The number of nitrogens with zero attached hydrogens (tertiary/aromatic N) is 1. The third-order valence-corrected chi connectivity index (χ3v) is 1.34. The Morgan fingerprint density at radius 2 is 2.67 bits per heavy atom. The summed E-state index contributed by atoms with van der Waals surface area (Å²) < 4.78 is 21.8. The van der Waals surface area contributed by atoms with E-state index in [9.17, 15) is 0 Å². The van der Waals surface area contributed by atoms with E-state index in [1.807, 2.05) is 0 Å². The largest absolute Gasteiger partial charge is 0.397 e. The van der Waals surface area contributed by atoms with E-state index in [-0.39, 0.29) is 11.3 Å². The first kappa shape index (κ1) is 3.56. The molecule has 2 nitrogen and oxygen atoms in total. The summed E-state index contributed by atoms with van der Waals surface area (Å²) in [5.41, 5.74) is 5.75. The van der Waals surface area contributed by atoms with Crippen molar-refractivity contribution in [1.82, 2.24) is 4.98 Å². The van der Waals surface area contributed by atoms with Crippen LogP contribution in [0.2, 0.25) is 0 Å². The molecular formula is C6H7BrN2. The van der Waals surface area contributed by atoms with E-state index in [1.54, 1.807) is 0 Å². The van der Waals surface area contributed by atoms with Gasteiger partial charge in [0.2, 0.25) is 0 Å². The van der Waals surface area contributed by atoms with Gasteiger partial charge in [0.15, 0.2) is 0 Å². The van der Waals surface area contributed by atoms with Gasteiger partial charge in [0.1, 0.15) is 4.60 Å². The maximum absolute atomic E-state index is 7.12. The van der Waals surface area contributed by atoms with Crippen molar-refractivity contribution in [2.75, 3.05) is 5.73 Å². The number of nitrogen functional groups attached to an aromatic ring is 1. The van der Waals surface area contributed by atoms with Crippen molar-refractivity contribution in [1.29, 1.82) is 0 Å². The smallest absolute Gasteiger partial charge is 0.106 e. The topological polar surface area (TPSA) is 38.9 Å². The van der Waals surface area contributed by atoms with Gasteiger partial charge in [-0.05, 0) is 34.4 Å². The molecule has 1 heterocycles. The summed E-state index contributed by atoms with van der Waals surface area (Å²) in [5, 5.41) is 0. The van der Waals surface area contributed by atoms with Crippen LogP contribution in [-0.2, 0) is 0 Å². The lowest BCUT2D eigenvalue weighted by Crippen LogP contribution is -1.89. The molecule has 0 fully saturated rings. The number of nitrogens with two attached hydrogens (primary N) is 1. The second-order valence-electron chi connectivity index (χ2n) is 1.59. The summed E-state index contributed by atoms with van der Waals surface area (Å²) in [6.45, 7) is -2.17. The number of pyridine rings is 1. The van der Waals surface area contributed by atoms with E-state index < -0.39 is 6.85 Å². The van der Waals surface area contributed by atoms with Crippen molar-refractivity contribution < 1.29 is 4.11 Å². The van der Waals surface area contributed by atoms with Crippen LogP contribution in [0, 0.1) is 6.85 Å². The molecule has 0 aliphatic heterocycles. The summed E-state index contributed by atoms with van der Waals surface area (Å²) in [7, 11) is 0. The van der Waals surface area contributed by atoms with Crippen LogP contribution in [-0.4, -0.2) is 4.98 Å². The first-order chi connectivity index (χ1) is 5.41. The zero-order valence-corrected chi connectivity index (χ0v) is 6.14. The molecular weight excluding hydrogens is 180 g/mol. The first-order valence-electron chi connectivity index (χ1n) is 3.83. The van der Waals surface area contributed by atoms with Crippen molar-refractivity contribution in [3.8, 4) is 0 Å². The summed E-state index contributed by atoms with van der Waals surface area (Å²) in [5.74, 6) is 0. The van der Waals surface area contributed by atoms with Crippen molar-refractivity contribution in [2.24, 2.45) is 0 Å². The van der Waals surface area contributed by atoms with Crippen LogP contribution in [0.3, 0.4) is 0 Å². The molecule has 0 saturated carbocycles. The Morgan fingerprint density at radius 3 is 3.22 bits per heavy atom. The van der Waals surface area contributed by atoms with Crippen molar-refractivity contribution in [3.05, 3.63) is 22.4 Å². The molecule has 48 valence electrons. The number of halogens is 1. The van der Waals surface area contributed by atoms with Gasteiger partial charge in [-0.2, -0.15) is 0 Å². The molecule has 0 radical (unpaired) electrons. The van der Waals surface area contributed by atoms with Crippen LogP contribution < -0.4 is 5.73 Å². The fourth-order valence-electron chi connectivity index (χ4n) is 0.440. The molecule has 0 unspecified atom stereocenters. The molecule has 0 aromatic carbocycles. The molecule has 0 atom stereocenters. The lowest BCUT2D eigenvalue weighted by Gasteiger charge is -1.96. The molecule has 0 aliphatic carbocycles. The van der Waals surface area contributed by atoms with Gasteiger partial charge < -0.3 is 5.73 Å². The molecule has 2 N–H and O–H groups in total. The summed E-state index contributed by atoms with van der Waals surface area (Å²) in [4.78, 5) is 3.79. The van der Waals surface area contributed by atoms with Crippen molar-refractivity contribution >= 4 is 21.6 Å². The highest BCUT2D eigenvalue weighted by molar-refractivity contribution is 9.10. The lowest BCUT2D eigenvalue weighted by molar-refractivity contribution is 1.25. The Balaban J connectivity index is 3.23. The molecule has 0 bridgehead atoms. The quantitative estimate of drug-likeness (QED) is 0.632. The third kappa shape index (κ3) is 1.42. The van der Waals surface area contributed by atoms with Crippen LogP contribution in [0.1, 0.15) is 9.68 Å². The average Bonchev–Trinajstić information content (AvgIpc) is 1.92. The highest BCUT2D eigenvalue weighted by atomic mass is 79.9. The monoisotopic (exact) mass is 189 g/mol. The minimum absolute atomic E-state index is 0.129. The van der Waals surface area contributed by atoms with Crippen LogP contribution in [0.4, 0.5) is 5.69 Å². The number of hydrogen-bond donors (Lipinski definition) is 1. The van der Waals surface area contributed by atoms with E-state index in [4.69, 9.17) is 9.85 Å². The lowest BCUT2D eigenvalue weighted by atomic mass is 10.3. The number of aromatic nitrogens is 1. The Labute approximate surface area is 66.4 Å². The molecule has 1 aromatic heterocycles. The standard InChI is InChI=1S/C6H7BrN2/c1-4-2-6(7)9-3-5(4)8/h2-3H,8H2,1H3/i1D3. The van der Waals surface area contributed by atoms with Crippen LogP contribution in [0.25, 0.3) is 0 Å². The molecule has 0 spiro atoms. The van der Waals surface area contributed by atoms with Gasteiger partial charge in [-0.15, -0.1) is 0 Å². The molecule has 9 heavy (non-hydrogen) atoms. The first-order valence-corrected chi connectivity index (χ1v) is 3.12. The summed E-state index contributed by atoms with van der Waals surface area (Å²) in [6, 6.07) is 1.41. The molecule has 0 aliphatic rings. The van der Waals surface area contributed by atoms with Crippen LogP contribution in [0.5, 0.6) is 0 Å². The van der Waals surface area contributed by atoms with Crippen molar-refractivity contribution in [3.63, 3.8) is 0 Å². The van der Waals surface area contributed by atoms with Gasteiger partial charge >= 0.3 is 0 Å². The normalized spacial score (nSPS) is 15.9. The molecule has 0 saturated heterocycles. The van der Waals surface area contributed by atoms with Gasteiger partial charge in [0.25, 0.3) is 0 Å². The van der Waals surface area contributed by atoms with Gasteiger partial charge in [-0.25, -0.2) is 4.98 Å². The maximum atomic E-state index is 7.12. The van der Waals surface area contributed by atoms with E-state index in [2.05, 4.69) is 20.9 Å². The number of anilines is 1. The summed E-state index contributed by atoms with van der Waals surface area (Å²) >= 11 is 3.07. The Bertz CT molecular complexity index is 297. The second-order valence-corrected chi connectivity index (χ2v) is 2.41. The predicted octanol–water partition coefficient (Wildman–Crippen LogP) is 1.73. The minimum Gasteiger partial charge on any atom is -0.397 e. The number of rotatable bonds is 0. The van der Waals surface area contributed by atoms with Crippen LogP contribution >= 0.6 is 15.9 Å². The van der Waals surface area contributed by atoms with E-state index in [0.717, 1.165) is 0 Å². The highest BCUT2D eigenvalue weighted by Crippen LogP contribution is 2.12. The molecule has 0 amide bonds. The SMILES string of the molecule is [2H]C([2H])([2H])c1cc(Br)ncc1N. The highest BCUT2D eigenvalue weighted by Gasteiger charge is 1.92. The van der Waals surface area contributed by atoms with Crippen LogP contribution in [0.15, 0.2) is 16.9 Å². The fraction of sp³-hybridized carbons (Fsp3) is 0.167. The van der Waals surface area contributed by atoms with Gasteiger partial charge in [-0.3, -0.25) is 0 Å². The maximum Gasteiger partial charge on any atom is 0.106 e. The number of hydrogen-bond acceptors (Lipinski definition) is 2. The number of aryl methyl sites for hydroxylation is 1. The van der Waals surface area contributed by atoms with Gasteiger partial charge in [0, 0.05) is 4.11 Å². The Morgan fingerprint density at radius 1 is 1.89 bits per heavy atom. The Hall–Kier alpha value is -0.570. The molecule has 3 heteroatoms. The van der Waals surface area contributed by atoms with E-state index in [1.165, 1.54) is 12.3 Å². The average molecular weight is 190 g/mol. The van der Waals surface area contributed by atoms with Gasteiger partial charge in [-0.1, -0.05) is 0 Å². The minimum atomic E-state index is -2.17. The molecule has 1 rings (SSSR count).